The van der Waals surface area contributed by atoms with Crippen LogP contribution in [0.2, 0.25) is 0 Å². The van der Waals surface area contributed by atoms with Crippen LogP contribution in [0.5, 0.6) is 0 Å². The molecule has 0 spiro atoms. The van der Waals surface area contributed by atoms with Crippen molar-refractivity contribution in [3.05, 3.63) is 32.9 Å². The van der Waals surface area contributed by atoms with Gasteiger partial charge in [0.1, 0.15) is 0 Å². The molecule has 0 fully saturated rings. The van der Waals surface area contributed by atoms with Crippen LogP contribution in [0, 0.1) is 3.57 Å². The van der Waals surface area contributed by atoms with Crippen LogP contribution in [0.15, 0.2) is 23.3 Å². The monoisotopic (exact) mass is 314 g/mol. The molecule has 0 aliphatic heterocycles. The van der Waals surface area contributed by atoms with Crippen LogP contribution in [0.1, 0.15) is 11.1 Å². The lowest BCUT2D eigenvalue weighted by Gasteiger charge is -2.09. The van der Waals surface area contributed by atoms with E-state index in [1.54, 1.807) is 6.07 Å². The Morgan fingerprint density at radius 3 is 2.50 bits per heavy atom. The predicted molar refractivity (Wildman–Crippen MR) is 55.9 cm³/mol. The molecule has 1 aromatic rings. The van der Waals surface area contributed by atoms with Crippen LogP contribution in [0.4, 0.5) is 13.2 Å². The summed E-state index contributed by atoms with van der Waals surface area (Å²) < 4.78 is 37.9. The maximum Gasteiger partial charge on any atom is 0.417 e. The molecule has 14 heavy (non-hydrogen) atoms. The lowest BCUT2D eigenvalue weighted by Crippen LogP contribution is -2.09. The first-order chi connectivity index (χ1) is 6.45. The van der Waals surface area contributed by atoms with Crippen LogP contribution in [0.3, 0.4) is 0 Å². The van der Waals surface area contributed by atoms with Gasteiger partial charge in [0.15, 0.2) is 0 Å². The summed E-state index contributed by atoms with van der Waals surface area (Å²) in [5.41, 5.74) is -0.751. The van der Waals surface area contributed by atoms with Crippen molar-refractivity contribution in [1.29, 1.82) is 0 Å². The molecule has 1 aromatic carbocycles. The second-order valence-corrected chi connectivity index (χ2v) is 3.75. The first-order valence-corrected chi connectivity index (χ1v) is 4.63. The van der Waals surface area contributed by atoms with E-state index in [2.05, 4.69) is 5.10 Å². The van der Waals surface area contributed by atoms with Gasteiger partial charge in [0.2, 0.25) is 0 Å². The second kappa shape index (κ2) is 4.16. The molecule has 0 aliphatic rings. The van der Waals surface area contributed by atoms with Gasteiger partial charge in [0.05, 0.1) is 11.8 Å². The molecule has 0 saturated heterocycles. The zero-order chi connectivity index (χ0) is 10.8. The summed E-state index contributed by atoms with van der Waals surface area (Å²) in [6, 6.07) is 3.95. The summed E-state index contributed by atoms with van der Waals surface area (Å²) in [6.07, 6.45) is -3.39. The summed E-state index contributed by atoms with van der Waals surface area (Å²) in [6.45, 7) is 0. The van der Waals surface area contributed by atoms with Crippen molar-refractivity contribution in [2.24, 2.45) is 10.9 Å². The molecule has 1 rings (SSSR count). The lowest BCUT2D eigenvalue weighted by molar-refractivity contribution is -0.137. The molecular formula is C8H6F3IN2. The summed E-state index contributed by atoms with van der Waals surface area (Å²) in [5.74, 6) is 4.81. The van der Waals surface area contributed by atoms with E-state index in [1.165, 1.54) is 6.07 Å². The van der Waals surface area contributed by atoms with E-state index < -0.39 is 11.7 Å². The molecule has 2 nitrogen and oxygen atoms in total. The number of benzene rings is 1. The number of rotatable bonds is 1. The van der Waals surface area contributed by atoms with Crippen LogP contribution >= 0.6 is 22.6 Å². The average Bonchev–Trinajstić information content (AvgIpc) is 2.07. The Labute approximate surface area is 92.1 Å². The molecule has 0 aliphatic carbocycles. The van der Waals surface area contributed by atoms with Crippen LogP contribution in [-0.4, -0.2) is 6.21 Å². The number of hydrazone groups is 1. The normalized spacial score (nSPS) is 12.3. The number of halogens is 4. The third kappa shape index (κ3) is 2.60. The number of alkyl halides is 3. The molecule has 0 amide bonds. The van der Waals surface area contributed by atoms with Gasteiger partial charge < -0.3 is 5.84 Å². The van der Waals surface area contributed by atoms with Gasteiger partial charge in [0, 0.05) is 9.13 Å². The summed E-state index contributed by atoms with van der Waals surface area (Å²) >= 11 is 1.81. The van der Waals surface area contributed by atoms with Gasteiger partial charge in [-0.1, -0.05) is 6.07 Å². The smallest absolute Gasteiger partial charge is 0.323 e. The van der Waals surface area contributed by atoms with Gasteiger partial charge >= 0.3 is 6.18 Å². The molecule has 0 saturated carbocycles. The van der Waals surface area contributed by atoms with Crippen molar-refractivity contribution >= 4 is 28.8 Å². The predicted octanol–water partition coefficient (Wildman–Crippen LogP) is 2.60. The molecule has 0 aromatic heterocycles. The van der Waals surface area contributed by atoms with Crippen LogP contribution in [-0.2, 0) is 6.18 Å². The van der Waals surface area contributed by atoms with E-state index in [0.29, 0.717) is 3.57 Å². The highest BCUT2D eigenvalue weighted by Crippen LogP contribution is 2.32. The minimum atomic E-state index is -4.38. The molecule has 0 radical (unpaired) electrons. The fourth-order valence-electron chi connectivity index (χ4n) is 0.967. The average molecular weight is 314 g/mol. The van der Waals surface area contributed by atoms with E-state index in [9.17, 15) is 13.2 Å². The standard InChI is InChI=1S/C8H6F3IN2/c9-8(10,11)7-3-6(12)2-1-5(7)4-14-13/h1-4H,13H2. The van der Waals surface area contributed by atoms with E-state index in [-0.39, 0.29) is 5.56 Å². The minimum Gasteiger partial charge on any atom is -0.323 e. The molecule has 0 heterocycles. The first kappa shape index (κ1) is 11.3. The minimum absolute atomic E-state index is 0.0274. The third-order valence-electron chi connectivity index (χ3n) is 1.53. The molecule has 0 unspecified atom stereocenters. The number of hydrogen-bond donors (Lipinski definition) is 1. The molecule has 6 heteroatoms. The highest BCUT2D eigenvalue weighted by atomic mass is 127. The van der Waals surface area contributed by atoms with Gasteiger partial charge in [-0.25, -0.2) is 0 Å². The molecule has 0 atom stereocenters. The van der Waals surface area contributed by atoms with Crippen molar-refractivity contribution in [2.45, 2.75) is 6.18 Å². The van der Waals surface area contributed by atoms with Crippen molar-refractivity contribution in [3.63, 3.8) is 0 Å². The van der Waals surface area contributed by atoms with Gasteiger partial charge in [-0.2, -0.15) is 18.3 Å². The summed E-state index contributed by atoms with van der Waals surface area (Å²) in [7, 11) is 0. The van der Waals surface area contributed by atoms with Gasteiger partial charge in [0.25, 0.3) is 0 Å². The Morgan fingerprint density at radius 1 is 1.36 bits per heavy atom. The number of nitrogens with zero attached hydrogens (tertiary/aromatic N) is 1. The third-order valence-corrected chi connectivity index (χ3v) is 2.21. The van der Waals surface area contributed by atoms with Gasteiger partial charge in [-0.05, 0) is 34.7 Å². The summed E-state index contributed by atoms with van der Waals surface area (Å²) in [5, 5.41) is 3.08. The van der Waals surface area contributed by atoms with Crippen LogP contribution < -0.4 is 5.84 Å². The van der Waals surface area contributed by atoms with Crippen LogP contribution in [0.25, 0.3) is 0 Å². The highest BCUT2D eigenvalue weighted by molar-refractivity contribution is 14.1. The van der Waals surface area contributed by atoms with Crippen molar-refractivity contribution in [1.82, 2.24) is 0 Å². The van der Waals surface area contributed by atoms with Gasteiger partial charge in [-0.15, -0.1) is 0 Å². The number of hydrogen-bond acceptors (Lipinski definition) is 2. The molecule has 76 valence electrons. The zero-order valence-corrected chi connectivity index (χ0v) is 9.00. The Bertz CT molecular complexity index is 360. The maximum absolute atomic E-state index is 12.4. The zero-order valence-electron chi connectivity index (χ0n) is 6.85. The van der Waals surface area contributed by atoms with E-state index in [0.717, 1.165) is 12.3 Å². The first-order valence-electron chi connectivity index (χ1n) is 3.55. The SMILES string of the molecule is NN=Cc1ccc(I)cc1C(F)(F)F. The van der Waals surface area contributed by atoms with Gasteiger partial charge in [-0.3, -0.25) is 0 Å². The number of nitrogens with two attached hydrogens (primary N) is 1. The quantitative estimate of drug-likeness (QED) is 0.368. The fraction of sp³-hybridized carbons (Fsp3) is 0.125. The lowest BCUT2D eigenvalue weighted by atomic mass is 10.1. The Hall–Kier alpha value is -0.790. The van der Waals surface area contributed by atoms with Crippen molar-refractivity contribution in [3.8, 4) is 0 Å². The Morgan fingerprint density at radius 2 is 2.00 bits per heavy atom. The Balaban J connectivity index is 3.30. The van der Waals surface area contributed by atoms with E-state index in [1.807, 2.05) is 22.6 Å². The fourth-order valence-corrected chi connectivity index (χ4v) is 1.46. The molecule has 0 bridgehead atoms. The van der Waals surface area contributed by atoms with E-state index in [4.69, 9.17) is 5.84 Å². The summed E-state index contributed by atoms with van der Waals surface area (Å²) in [4.78, 5) is 0. The van der Waals surface area contributed by atoms with Crippen molar-refractivity contribution in [2.75, 3.05) is 0 Å². The Kier molecular flexibility index (Phi) is 3.35. The second-order valence-electron chi connectivity index (χ2n) is 2.51. The topological polar surface area (TPSA) is 38.4 Å². The van der Waals surface area contributed by atoms with Crippen molar-refractivity contribution < 1.29 is 13.2 Å². The maximum atomic E-state index is 12.4. The molecule has 2 N–H and O–H groups in total. The van der Waals surface area contributed by atoms with E-state index >= 15 is 0 Å². The highest BCUT2D eigenvalue weighted by Gasteiger charge is 2.33. The largest absolute Gasteiger partial charge is 0.417 e. The molecular weight excluding hydrogens is 308 g/mol.